The predicted molar refractivity (Wildman–Crippen MR) is 94.9 cm³/mol. The normalized spacial score (nSPS) is 10.7. The first-order valence-electron chi connectivity index (χ1n) is 7.56. The Hall–Kier alpha value is -3.19. The van der Waals surface area contributed by atoms with E-state index in [0.29, 0.717) is 10.9 Å². The van der Waals surface area contributed by atoms with Crippen LogP contribution in [0.2, 0.25) is 0 Å². The fraction of sp³-hybridized carbons (Fsp3) is 0.0556. The van der Waals surface area contributed by atoms with Gasteiger partial charge in [0.2, 0.25) is 5.13 Å². The summed E-state index contributed by atoms with van der Waals surface area (Å²) in [5.74, 6) is 1.14. The molecule has 2 aromatic heterocycles. The molecule has 2 heterocycles. The fourth-order valence-corrected chi connectivity index (χ4v) is 2.82. The number of carbonyl (C=O) groups excluding carboxylic acids is 1. The van der Waals surface area contributed by atoms with Crippen molar-refractivity contribution in [1.29, 1.82) is 0 Å². The number of hydrogen-bond acceptors (Lipinski definition) is 6. The number of nitrogens with one attached hydrogen (secondary N) is 1. The summed E-state index contributed by atoms with van der Waals surface area (Å²) in [5, 5.41) is 12.7. The van der Waals surface area contributed by atoms with Crippen molar-refractivity contribution in [1.82, 2.24) is 10.2 Å². The molecule has 0 saturated carbocycles. The number of hydrogen-bond donors (Lipinski definition) is 1. The summed E-state index contributed by atoms with van der Waals surface area (Å²) < 4.78 is 11.3. The van der Waals surface area contributed by atoms with E-state index >= 15 is 0 Å². The molecule has 4 rings (SSSR count). The smallest absolute Gasteiger partial charge is 0.293 e. The molecule has 0 spiro atoms. The van der Waals surface area contributed by atoms with Crippen molar-refractivity contribution < 1.29 is 13.9 Å². The number of aromatic nitrogens is 2. The molecular formula is C18H13N3O3S. The molecule has 0 radical (unpaired) electrons. The summed E-state index contributed by atoms with van der Waals surface area (Å²) in [6.07, 6.45) is 0. The van der Waals surface area contributed by atoms with Gasteiger partial charge in [0.15, 0.2) is 5.76 Å². The number of ether oxygens (including phenoxy) is 1. The maximum Gasteiger partial charge on any atom is 0.293 e. The SMILES string of the molecule is O=C(Nc1nncs1)c1ccc(COc2ccc3ccccc3c2)o1. The van der Waals surface area contributed by atoms with E-state index < -0.39 is 0 Å². The lowest BCUT2D eigenvalue weighted by atomic mass is 10.1. The van der Waals surface area contributed by atoms with E-state index in [1.807, 2.05) is 36.4 Å². The van der Waals surface area contributed by atoms with Crippen LogP contribution in [0.3, 0.4) is 0 Å². The van der Waals surface area contributed by atoms with Gasteiger partial charge in [0, 0.05) is 0 Å². The third-order valence-corrected chi connectivity index (χ3v) is 4.17. The number of furan rings is 1. The van der Waals surface area contributed by atoms with Gasteiger partial charge in [-0.3, -0.25) is 10.1 Å². The van der Waals surface area contributed by atoms with Crippen molar-refractivity contribution in [2.75, 3.05) is 5.32 Å². The van der Waals surface area contributed by atoms with Gasteiger partial charge in [-0.25, -0.2) is 0 Å². The Morgan fingerprint density at radius 2 is 2.00 bits per heavy atom. The second-order valence-corrected chi connectivity index (χ2v) is 6.09. The molecule has 2 aromatic carbocycles. The van der Waals surface area contributed by atoms with E-state index in [9.17, 15) is 4.79 Å². The number of rotatable bonds is 5. The molecule has 0 aliphatic heterocycles. The minimum atomic E-state index is -0.367. The summed E-state index contributed by atoms with van der Waals surface area (Å²) in [5.41, 5.74) is 1.54. The first-order chi connectivity index (χ1) is 12.3. The second-order valence-electron chi connectivity index (χ2n) is 5.26. The molecule has 4 aromatic rings. The van der Waals surface area contributed by atoms with Crippen LogP contribution in [0.4, 0.5) is 5.13 Å². The highest BCUT2D eigenvalue weighted by Crippen LogP contribution is 2.22. The van der Waals surface area contributed by atoms with Gasteiger partial charge in [-0.05, 0) is 35.0 Å². The van der Waals surface area contributed by atoms with Crippen LogP contribution in [-0.2, 0) is 6.61 Å². The molecule has 0 aliphatic rings. The molecule has 0 atom stereocenters. The van der Waals surface area contributed by atoms with Crippen LogP contribution < -0.4 is 10.1 Å². The highest BCUT2D eigenvalue weighted by Gasteiger charge is 2.13. The Morgan fingerprint density at radius 3 is 2.84 bits per heavy atom. The van der Waals surface area contributed by atoms with Crippen LogP contribution in [0.1, 0.15) is 16.3 Å². The average molecular weight is 351 g/mol. The molecule has 0 fully saturated rings. The first-order valence-corrected chi connectivity index (χ1v) is 8.44. The van der Waals surface area contributed by atoms with Gasteiger partial charge in [-0.15, -0.1) is 10.2 Å². The molecule has 25 heavy (non-hydrogen) atoms. The van der Waals surface area contributed by atoms with Crippen LogP contribution in [-0.4, -0.2) is 16.1 Å². The van der Waals surface area contributed by atoms with Gasteiger partial charge in [0.1, 0.15) is 23.6 Å². The standard InChI is InChI=1S/C18H13N3O3S/c22-17(20-18-21-19-11-25-18)16-8-7-15(24-16)10-23-14-6-5-12-3-1-2-4-13(12)9-14/h1-9,11H,10H2,(H,20,21,22). The summed E-state index contributed by atoms with van der Waals surface area (Å²) >= 11 is 1.24. The Labute approximate surface area is 147 Å². The molecule has 1 N–H and O–H groups in total. The summed E-state index contributed by atoms with van der Waals surface area (Å²) in [7, 11) is 0. The van der Waals surface area contributed by atoms with Crippen molar-refractivity contribution in [2.24, 2.45) is 0 Å². The molecule has 6 nitrogen and oxygen atoms in total. The lowest BCUT2D eigenvalue weighted by molar-refractivity contribution is 0.0992. The Balaban J connectivity index is 1.41. The van der Waals surface area contributed by atoms with Gasteiger partial charge in [-0.1, -0.05) is 41.7 Å². The number of nitrogens with zero attached hydrogens (tertiary/aromatic N) is 2. The van der Waals surface area contributed by atoms with Gasteiger partial charge in [-0.2, -0.15) is 0 Å². The van der Waals surface area contributed by atoms with Crippen LogP contribution in [0, 0.1) is 0 Å². The maximum absolute atomic E-state index is 12.0. The van der Waals surface area contributed by atoms with E-state index in [0.717, 1.165) is 16.5 Å². The highest BCUT2D eigenvalue weighted by molar-refractivity contribution is 7.13. The van der Waals surface area contributed by atoms with E-state index in [4.69, 9.17) is 9.15 Å². The van der Waals surface area contributed by atoms with Crippen molar-refractivity contribution in [3.8, 4) is 5.75 Å². The fourth-order valence-electron chi connectivity index (χ4n) is 2.38. The summed E-state index contributed by atoms with van der Waals surface area (Å²) in [6, 6.07) is 17.3. The quantitative estimate of drug-likeness (QED) is 0.585. The molecule has 1 amide bonds. The molecule has 0 aliphatic carbocycles. The molecule has 7 heteroatoms. The Bertz CT molecular complexity index is 1010. The number of fused-ring (bicyclic) bond motifs is 1. The van der Waals surface area contributed by atoms with Crippen LogP contribution in [0.25, 0.3) is 10.8 Å². The zero-order valence-corrected chi connectivity index (χ0v) is 13.8. The average Bonchev–Trinajstić information content (AvgIpc) is 3.31. The Morgan fingerprint density at radius 1 is 1.12 bits per heavy atom. The van der Waals surface area contributed by atoms with E-state index in [1.165, 1.54) is 11.3 Å². The van der Waals surface area contributed by atoms with Crippen molar-refractivity contribution >= 4 is 33.1 Å². The van der Waals surface area contributed by atoms with E-state index in [1.54, 1.807) is 17.6 Å². The van der Waals surface area contributed by atoms with Crippen molar-refractivity contribution in [3.63, 3.8) is 0 Å². The lowest BCUT2D eigenvalue weighted by Crippen LogP contribution is -2.10. The predicted octanol–water partition coefficient (Wildman–Crippen LogP) is 4.12. The highest BCUT2D eigenvalue weighted by atomic mass is 32.1. The maximum atomic E-state index is 12.0. The van der Waals surface area contributed by atoms with E-state index in [-0.39, 0.29) is 18.3 Å². The molecule has 0 bridgehead atoms. The van der Waals surface area contributed by atoms with Crippen molar-refractivity contribution in [2.45, 2.75) is 6.61 Å². The van der Waals surface area contributed by atoms with Gasteiger partial charge in [0.05, 0.1) is 0 Å². The van der Waals surface area contributed by atoms with Crippen LogP contribution >= 0.6 is 11.3 Å². The molecule has 124 valence electrons. The number of benzene rings is 2. The van der Waals surface area contributed by atoms with Crippen LogP contribution in [0.15, 0.2) is 64.5 Å². The summed E-state index contributed by atoms with van der Waals surface area (Å²) in [4.78, 5) is 12.0. The Kier molecular flexibility index (Phi) is 4.14. The minimum absolute atomic E-state index is 0.201. The topological polar surface area (TPSA) is 77.2 Å². The lowest BCUT2D eigenvalue weighted by Gasteiger charge is -2.05. The summed E-state index contributed by atoms with van der Waals surface area (Å²) in [6.45, 7) is 0.241. The second kappa shape index (κ2) is 6.74. The van der Waals surface area contributed by atoms with Crippen LogP contribution in [0.5, 0.6) is 5.75 Å². The van der Waals surface area contributed by atoms with E-state index in [2.05, 4.69) is 21.6 Å². The zero-order valence-electron chi connectivity index (χ0n) is 13.0. The number of carbonyl (C=O) groups is 1. The largest absolute Gasteiger partial charge is 0.486 e. The first kappa shape index (κ1) is 15.3. The molecule has 0 unspecified atom stereocenters. The van der Waals surface area contributed by atoms with Gasteiger partial charge in [0.25, 0.3) is 5.91 Å². The third-order valence-electron chi connectivity index (χ3n) is 3.57. The van der Waals surface area contributed by atoms with Gasteiger partial charge >= 0.3 is 0 Å². The third kappa shape index (κ3) is 3.51. The number of anilines is 1. The monoisotopic (exact) mass is 351 g/mol. The number of amides is 1. The minimum Gasteiger partial charge on any atom is -0.486 e. The van der Waals surface area contributed by atoms with Crippen molar-refractivity contribution in [3.05, 3.63) is 71.6 Å². The van der Waals surface area contributed by atoms with Gasteiger partial charge < -0.3 is 9.15 Å². The molecule has 0 saturated heterocycles. The zero-order chi connectivity index (χ0) is 17.1. The molecular weight excluding hydrogens is 338 g/mol.